The fourth-order valence-corrected chi connectivity index (χ4v) is 1.59. The molecule has 0 saturated carbocycles. The lowest BCUT2D eigenvalue weighted by molar-refractivity contribution is 0.848. The van der Waals surface area contributed by atoms with E-state index in [4.69, 9.17) is 10.5 Å². The van der Waals surface area contributed by atoms with Crippen LogP contribution < -0.4 is 5.32 Å². The Bertz CT molecular complexity index is 437. The van der Waals surface area contributed by atoms with Gasteiger partial charge in [-0.25, -0.2) is 0 Å². The highest BCUT2D eigenvalue weighted by Crippen LogP contribution is 2.13. The van der Waals surface area contributed by atoms with Crippen molar-refractivity contribution in [2.75, 3.05) is 6.26 Å². The van der Waals surface area contributed by atoms with E-state index in [-0.39, 0.29) is 5.57 Å². The molecule has 0 saturated heterocycles. The second kappa shape index (κ2) is 6.49. The molecule has 0 fully saturated rings. The number of nitrogens with zero attached hydrogens (tertiary/aromatic N) is 3. The van der Waals surface area contributed by atoms with Crippen LogP contribution >= 0.6 is 11.8 Å². The van der Waals surface area contributed by atoms with Crippen molar-refractivity contribution in [1.29, 1.82) is 10.5 Å². The van der Waals surface area contributed by atoms with E-state index in [2.05, 4.69) is 10.3 Å². The molecule has 0 aliphatic carbocycles. The standard InChI is InChI=1S/C11H10N4S/c1-16-11(10(5-12)6-13)15-8-9-3-2-4-14-7-9/h2-4,7,15H,8H2,1H3. The molecule has 1 aromatic rings. The van der Waals surface area contributed by atoms with Crippen LogP contribution in [0, 0.1) is 22.7 Å². The number of thioether (sulfide) groups is 1. The first-order valence-corrected chi connectivity index (χ1v) is 5.75. The van der Waals surface area contributed by atoms with E-state index < -0.39 is 0 Å². The molecular weight excluding hydrogens is 220 g/mol. The second-order valence-electron chi connectivity index (χ2n) is 2.85. The summed E-state index contributed by atoms with van der Waals surface area (Å²) in [5, 5.41) is 21.1. The van der Waals surface area contributed by atoms with Crippen LogP contribution in [0.3, 0.4) is 0 Å². The molecule has 80 valence electrons. The minimum Gasteiger partial charge on any atom is -0.374 e. The van der Waals surface area contributed by atoms with Crippen LogP contribution in [0.5, 0.6) is 0 Å². The lowest BCUT2D eigenvalue weighted by atomic mass is 10.3. The van der Waals surface area contributed by atoms with E-state index >= 15 is 0 Å². The third kappa shape index (κ3) is 3.30. The Hall–Kier alpha value is -1.98. The molecule has 0 spiro atoms. The van der Waals surface area contributed by atoms with Gasteiger partial charge in [0.2, 0.25) is 0 Å². The molecule has 0 aromatic carbocycles. The maximum Gasteiger partial charge on any atom is 0.159 e. The maximum atomic E-state index is 8.73. The van der Waals surface area contributed by atoms with Gasteiger partial charge in [0.05, 0.1) is 5.03 Å². The zero-order valence-corrected chi connectivity index (χ0v) is 9.58. The molecule has 1 heterocycles. The number of hydrogen-bond acceptors (Lipinski definition) is 5. The van der Waals surface area contributed by atoms with Crippen molar-refractivity contribution in [1.82, 2.24) is 10.3 Å². The summed E-state index contributed by atoms with van der Waals surface area (Å²) in [7, 11) is 0. The molecule has 0 amide bonds. The zero-order chi connectivity index (χ0) is 11.8. The predicted octanol–water partition coefficient (Wildman–Crippen LogP) is 1.79. The van der Waals surface area contributed by atoms with Crippen LogP contribution in [0.15, 0.2) is 35.1 Å². The lowest BCUT2D eigenvalue weighted by Crippen LogP contribution is -2.12. The van der Waals surface area contributed by atoms with Crippen molar-refractivity contribution in [3.63, 3.8) is 0 Å². The van der Waals surface area contributed by atoms with Crippen LogP contribution in [-0.4, -0.2) is 11.2 Å². The van der Waals surface area contributed by atoms with Crippen LogP contribution in [-0.2, 0) is 6.54 Å². The van der Waals surface area contributed by atoms with Gasteiger partial charge in [-0.3, -0.25) is 4.98 Å². The Labute approximate surface area is 98.6 Å². The normalized spacial score (nSPS) is 8.69. The molecule has 0 bridgehead atoms. The highest BCUT2D eigenvalue weighted by atomic mass is 32.2. The fraction of sp³-hybridized carbons (Fsp3) is 0.182. The number of rotatable bonds is 4. The largest absolute Gasteiger partial charge is 0.374 e. The summed E-state index contributed by atoms with van der Waals surface area (Å²) >= 11 is 1.35. The highest BCUT2D eigenvalue weighted by Gasteiger charge is 2.04. The Kier molecular flexibility index (Phi) is 4.91. The smallest absolute Gasteiger partial charge is 0.159 e. The molecular formula is C11H10N4S. The molecule has 0 aliphatic heterocycles. The predicted molar refractivity (Wildman–Crippen MR) is 62.8 cm³/mol. The summed E-state index contributed by atoms with van der Waals surface area (Å²) in [6.45, 7) is 0.552. The number of pyridine rings is 1. The van der Waals surface area contributed by atoms with Gasteiger partial charge in [0.15, 0.2) is 5.57 Å². The molecule has 0 unspecified atom stereocenters. The molecule has 1 N–H and O–H groups in total. The number of allylic oxidation sites excluding steroid dienone is 1. The quantitative estimate of drug-likeness (QED) is 0.798. The van der Waals surface area contributed by atoms with Crippen molar-refractivity contribution < 1.29 is 0 Å². The van der Waals surface area contributed by atoms with Crippen LogP contribution in [0.2, 0.25) is 0 Å². The Morgan fingerprint density at radius 3 is 2.75 bits per heavy atom. The summed E-state index contributed by atoms with van der Waals surface area (Å²) in [6, 6.07) is 7.49. The minimum atomic E-state index is 0.108. The monoisotopic (exact) mass is 230 g/mol. The molecule has 0 aliphatic rings. The minimum absolute atomic E-state index is 0.108. The topological polar surface area (TPSA) is 72.5 Å². The third-order valence-electron chi connectivity index (χ3n) is 1.83. The van der Waals surface area contributed by atoms with Crippen molar-refractivity contribution in [3.8, 4) is 12.1 Å². The Balaban J connectivity index is 2.71. The molecule has 1 aromatic heterocycles. The van der Waals surface area contributed by atoms with Gasteiger partial charge in [0.25, 0.3) is 0 Å². The van der Waals surface area contributed by atoms with E-state index in [9.17, 15) is 0 Å². The van der Waals surface area contributed by atoms with E-state index in [1.165, 1.54) is 11.8 Å². The van der Waals surface area contributed by atoms with Crippen molar-refractivity contribution in [3.05, 3.63) is 40.7 Å². The van der Waals surface area contributed by atoms with Crippen LogP contribution in [0.4, 0.5) is 0 Å². The molecule has 0 atom stereocenters. The van der Waals surface area contributed by atoms with Crippen molar-refractivity contribution >= 4 is 11.8 Å². The molecule has 5 heteroatoms. The average Bonchev–Trinajstić information content (AvgIpc) is 2.35. The van der Waals surface area contributed by atoms with Gasteiger partial charge in [0, 0.05) is 18.9 Å². The first kappa shape index (κ1) is 12.1. The first-order chi connectivity index (χ1) is 7.81. The first-order valence-electron chi connectivity index (χ1n) is 4.53. The van der Waals surface area contributed by atoms with Gasteiger partial charge in [0.1, 0.15) is 12.1 Å². The molecule has 1 rings (SSSR count). The van der Waals surface area contributed by atoms with E-state index in [0.29, 0.717) is 11.6 Å². The maximum absolute atomic E-state index is 8.73. The summed E-state index contributed by atoms with van der Waals surface area (Å²) < 4.78 is 0. The summed E-state index contributed by atoms with van der Waals surface area (Å²) in [5.41, 5.74) is 1.11. The van der Waals surface area contributed by atoms with E-state index in [0.717, 1.165) is 5.56 Å². The number of nitriles is 2. The van der Waals surface area contributed by atoms with Crippen LogP contribution in [0.25, 0.3) is 0 Å². The number of hydrogen-bond donors (Lipinski definition) is 1. The molecule has 16 heavy (non-hydrogen) atoms. The van der Waals surface area contributed by atoms with Gasteiger partial charge in [-0.15, -0.1) is 11.8 Å². The molecule has 0 radical (unpaired) electrons. The number of nitrogens with one attached hydrogen (secondary N) is 1. The van der Waals surface area contributed by atoms with E-state index in [1.807, 2.05) is 30.5 Å². The summed E-state index contributed by atoms with van der Waals surface area (Å²) in [5.74, 6) is 0. The molecule has 4 nitrogen and oxygen atoms in total. The van der Waals surface area contributed by atoms with E-state index in [1.54, 1.807) is 12.4 Å². The fourth-order valence-electron chi connectivity index (χ4n) is 1.07. The van der Waals surface area contributed by atoms with Gasteiger partial charge in [-0.2, -0.15) is 10.5 Å². The SMILES string of the molecule is CSC(NCc1cccnc1)=C(C#N)C#N. The van der Waals surface area contributed by atoms with Crippen molar-refractivity contribution in [2.45, 2.75) is 6.54 Å². The van der Waals surface area contributed by atoms with Gasteiger partial charge >= 0.3 is 0 Å². The average molecular weight is 230 g/mol. The van der Waals surface area contributed by atoms with Gasteiger partial charge in [-0.05, 0) is 17.9 Å². The number of aromatic nitrogens is 1. The summed E-state index contributed by atoms with van der Waals surface area (Å²) in [6.07, 6.45) is 5.26. The second-order valence-corrected chi connectivity index (χ2v) is 3.66. The Morgan fingerprint density at radius 1 is 1.50 bits per heavy atom. The highest BCUT2D eigenvalue weighted by molar-refractivity contribution is 8.02. The van der Waals surface area contributed by atoms with Gasteiger partial charge < -0.3 is 5.32 Å². The summed E-state index contributed by atoms with van der Waals surface area (Å²) in [4.78, 5) is 3.98. The van der Waals surface area contributed by atoms with Gasteiger partial charge in [-0.1, -0.05) is 6.07 Å². The van der Waals surface area contributed by atoms with Crippen LogP contribution in [0.1, 0.15) is 5.56 Å². The lowest BCUT2D eigenvalue weighted by Gasteiger charge is -2.07. The zero-order valence-electron chi connectivity index (χ0n) is 8.77. The van der Waals surface area contributed by atoms with Crippen molar-refractivity contribution in [2.24, 2.45) is 0 Å². The Morgan fingerprint density at radius 2 is 2.25 bits per heavy atom. The third-order valence-corrected chi connectivity index (χ3v) is 2.59.